The molecule has 7 nitrogen and oxygen atoms in total. The van der Waals surface area contributed by atoms with Gasteiger partial charge in [-0.2, -0.15) is 5.10 Å². The molecule has 2 aliphatic heterocycles. The maximum absolute atomic E-state index is 5.67. The van der Waals surface area contributed by atoms with Gasteiger partial charge in [0.05, 0.1) is 5.69 Å². The van der Waals surface area contributed by atoms with Gasteiger partial charge in [0.15, 0.2) is 11.5 Å². The van der Waals surface area contributed by atoms with E-state index >= 15 is 0 Å². The van der Waals surface area contributed by atoms with Crippen LogP contribution in [0.15, 0.2) is 30.3 Å². The summed E-state index contributed by atoms with van der Waals surface area (Å²) < 4.78 is 11.3. The van der Waals surface area contributed by atoms with Crippen molar-refractivity contribution in [2.45, 2.75) is 13.1 Å². The van der Waals surface area contributed by atoms with Gasteiger partial charge in [0.1, 0.15) is 19.0 Å². The van der Waals surface area contributed by atoms with Gasteiger partial charge < -0.3 is 15.2 Å². The van der Waals surface area contributed by atoms with E-state index in [1.807, 2.05) is 12.1 Å². The SMILES string of the molecule is Nc1ccc(CN2CCN(Cc3ccc4c(c3)OCCO4)CC2)nn1. The summed E-state index contributed by atoms with van der Waals surface area (Å²) in [6.45, 7) is 7.15. The highest BCUT2D eigenvalue weighted by atomic mass is 16.6. The summed E-state index contributed by atoms with van der Waals surface area (Å²) in [4.78, 5) is 4.87. The maximum atomic E-state index is 5.67. The molecule has 1 aromatic heterocycles. The first kappa shape index (κ1) is 16.1. The van der Waals surface area contributed by atoms with Crippen LogP contribution in [0, 0.1) is 0 Å². The third kappa shape index (κ3) is 4.00. The van der Waals surface area contributed by atoms with Crippen LogP contribution in [-0.4, -0.2) is 59.4 Å². The third-order valence-electron chi connectivity index (χ3n) is 4.60. The average Bonchev–Trinajstić information content (AvgIpc) is 2.65. The molecule has 2 aromatic rings. The van der Waals surface area contributed by atoms with E-state index < -0.39 is 0 Å². The number of nitrogens with zero attached hydrogens (tertiary/aromatic N) is 4. The first-order valence-corrected chi connectivity index (χ1v) is 8.67. The van der Waals surface area contributed by atoms with Crippen LogP contribution in [0.2, 0.25) is 0 Å². The molecule has 0 aliphatic carbocycles. The standard InChI is InChI=1S/C18H23N5O2/c19-18-4-2-15(20-21-18)13-23-7-5-22(6-8-23)12-14-1-3-16-17(11-14)25-10-9-24-16/h1-4,11H,5-10,12-13H2,(H2,19,21). The van der Waals surface area contributed by atoms with Crippen molar-refractivity contribution in [3.8, 4) is 11.5 Å². The molecular formula is C18H23N5O2. The van der Waals surface area contributed by atoms with Gasteiger partial charge in [-0.25, -0.2) is 0 Å². The number of hydrogen-bond donors (Lipinski definition) is 1. The Morgan fingerprint density at radius 1 is 0.840 bits per heavy atom. The van der Waals surface area contributed by atoms with Gasteiger partial charge in [0, 0.05) is 39.3 Å². The minimum absolute atomic E-state index is 0.466. The Hall–Kier alpha value is -2.38. The smallest absolute Gasteiger partial charge is 0.161 e. The Morgan fingerprint density at radius 3 is 2.28 bits per heavy atom. The molecule has 1 saturated heterocycles. The molecule has 2 aliphatic rings. The zero-order chi connectivity index (χ0) is 17.1. The van der Waals surface area contributed by atoms with Gasteiger partial charge in [-0.1, -0.05) is 6.07 Å². The monoisotopic (exact) mass is 341 g/mol. The van der Waals surface area contributed by atoms with Gasteiger partial charge in [0.2, 0.25) is 0 Å². The van der Waals surface area contributed by atoms with Crippen molar-refractivity contribution < 1.29 is 9.47 Å². The van der Waals surface area contributed by atoms with Crippen LogP contribution in [0.4, 0.5) is 5.82 Å². The number of anilines is 1. The van der Waals surface area contributed by atoms with Crippen LogP contribution in [0.5, 0.6) is 11.5 Å². The fourth-order valence-electron chi connectivity index (χ4n) is 3.23. The number of nitrogen functional groups attached to an aromatic ring is 1. The largest absolute Gasteiger partial charge is 0.486 e. The lowest BCUT2D eigenvalue weighted by molar-refractivity contribution is 0.120. The Morgan fingerprint density at radius 2 is 1.56 bits per heavy atom. The molecule has 0 amide bonds. The van der Waals surface area contributed by atoms with E-state index in [-0.39, 0.29) is 0 Å². The van der Waals surface area contributed by atoms with E-state index in [1.54, 1.807) is 6.07 Å². The summed E-state index contributed by atoms with van der Waals surface area (Å²) in [5.41, 5.74) is 7.82. The van der Waals surface area contributed by atoms with E-state index in [1.165, 1.54) is 5.56 Å². The van der Waals surface area contributed by atoms with E-state index in [9.17, 15) is 0 Å². The summed E-state index contributed by atoms with van der Waals surface area (Å²) >= 11 is 0. The summed E-state index contributed by atoms with van der Waals surface area (Å²) in [7, 11) is 0. The van der Waals surface area contributed by atoms with Crippen LogP contribution in [0.3, 0.4) is 0 Å². The molecule has 0 saturated carbocycles. The topological polar surface area (TPSA) is 76.7 Å². The molecule has 0 bridgehead atoms. The molecule has 2 N–H and O–H groups in total. The molecule has 25 heavy (non-hydrogen) atoms. The second kappa shape index (κ2) is 7.25. The first-order chi connectivity index (χ1) is 12.3. The highest BCUT2D eigenvalue weighted by Gasteiger charge is 2.19. The lowest BCUT2D eigenvalue weighted by atomic mass is 10.1. The van der Waals surface area contributed by atoms with Crippen LogP contribution in [-0.2, 0) is 13.1 Å². The van der Waals surface area contributed by atoms with Crippen LogP contribution in [0.25, 0.3) is 0 Å². The predicted octanol–water partition coefficient (Wildman–Crippen LogP) is 1.15. The number of fused-ring (bicyclic) bond motifs is 1. The van der Waals surface area contributed by atoms with Gasteiger partial charge in [0.25, 0.3) is 0 Å². The lowest BCUT2D eigenvalue weighted by Crippen LogP contribution is -2.45. The van der Waals surface area contributed by atoms with Gasteiger partial charge >= 0.3 is 0 Å². The zero-order valence-corrected chi connectivity index (χ0v) is 14.2. The number of hydrogen-bond acceptors (Lipinski definition) is 7. The summed E-state index contributed by atoms with van der Waals surface area (Å²) in [5, 5.41) is 8.06. The fourth-order valence-corrected chi connectivity index (χ4v) is 3.23. The van der Waals surface area contributed by atoms with Crippen LogP contribution < -0.4 is 15.2 Å². The molecule has 1 fully saturated rings. The molecule has 132 valence electrons. The van der Waals surface area contributed by atoms with E-state index in [0.29, 0.717) is 19.0 Å². The molecule has 0 spiro atoms. The summed E-state index contributed by atoms with van der Waals surface area (Å²) in [6.07, 6.45) is 0. The second-order valence-corrected chi connectivity index (χ2v) is 6.48. The average molecular weight is 341 g/mol. The van der Waals surface area contributed by atoms with Crippen molar-refractivity contribution in [3.63, 3.8) is 0 Å². The fraction of sp³-hybridized carbons (Fsp3) is 0.444. The van der Waals surface area contributed by atoms with Crippen molar-refractivity contribution in [2.24, 2.45) is 0 Å². The van der Waals surface area contributed by atoms with E-state index in [0.717, 1.165) is 56.5 Å². The molecule has 1 aromatic carbocycles. The number of aromatic nitrogens is 2. The summed E-state index contributed by atoms with van der Waals surface area (Å²) in [5.74, 6) is 2.18. The molecule has 3 heterocycles. The van der Waals surface area contributed by atoms with Crippen LogP contribution >= 0.6 is 0 Å². The van der Waals surface area contributed by atoms with Gasteiger partial charge in [-0.3, -0.25) is 9.80 Å². The third-order valence-corrected chi connectivity index (χ3v) is 4.60. The van der Waals surface area contributed by atoms with E-state index in [2.05, 4.69) is 32.1 Å². The minimum atomic E-state index is 0.466. The first-order valence-electron chi connectivity index (χ1n) is 8.67. The van der Waals surface area contributed by atoms with Crippen molar-refractivity contribution in [2.75, 3.05) is 45.1 Å². The van der Waals surface area contributed by atoms with Gasteiger partial charge in [-0.05, 0) is 29.8 Å². The number of benzene rings is 1. The highest BCUT2D eigenvalue weighted by molar-refractivity contribution is 5.43. The van der Waals surface area contributed by atoms with Crippen molar-refractivity contribution in [3.05, 3.63) is 41.6 Å². The van der Waals surface area contributed by atoms with Crippen molar-refractivity contribution >= 4 is 5.82 Å². The molecule has 0 unspecified atom stereocenters. The Kier molecular flexibility index (Phi) is 4.67. The predicted molar refractivity (Wildman–Crippen MR) is 94.4 cm³/mol. The minimum Gasteiger partial charge on any atom is -0.486 e. The molecule has 7 heteroatoms. The van der Waals surface area contributed by atoms with E-state index in [4.69, 9.17) is 15.2 Å². The Balaban J connectivity index is 1.29. The summed E-state index contributed by atoms with van der Waals surface area (Å²) in [6, 6.07) is 10.00. The number of piperazine rings is 1. The highest BCUT2D eigenvalue weighted by Crippen LogP contribution is 2.31. The van der Waals surface area contributed by atoms with Crippen LogP contribution in [0.1, 0.15) is 11.3 Å². The second-order valence-electron chi connectivity index (χ2n) is 6.48. The molecular weight excluding hydrogens is 318 g/mol. The van der Waals surface area contributed by atoms with Crippen molar-refractivity contribution in [1.82, 2.24) is 20.0 Å². The Labute approximate surface area is 147 Å². The molecule has 0 radical (unpaired) electrons. The Bertz CT molecular complexity index is 714. The normalized spacial score (nSPS) is 18.2. The molecule has 4 rings (SSSR count). The number of ether oxygens (including phenoxy) is 2. The van der Waals surface area contributed by atoms with Crippen molar-refractivity contribution in [1.29, 1.82) is 0 Å². The number of rotatable bonds is 4. The molecule has 0 atom stereocenters. The number of nitrogens with two attached hydrogens (primary N) is 1. The lowest BCUT2D eigenvalue weighted by Gasteiger charge is -2.34. The quantitative estimate of drug-likeness (QED) is 0.894. The zero-order valence-electron chi connectivity index (χ0n) is 14.2. The van der Waals surface area contributed by atoms with Gasteiger partial charge in [-0.15, -0.1) is 5.10 Å². The maximum Gasteiger partial charge on any atom is 0.161 e.